The number of rotatable bonds is 1. The summed E-state index contributed by atoms with van der Waals surface area (Å²) in [4.78, 5) is 4.25. The van der Waals surface area contributed by atoms with Crippen molar-refractivity contribution < 1.29 is 4.52 Å². The van der Waals surface area contributed by atoms with Crippen LogP contribution in [-0.4, -0.2) is 14.7 Å². The summed E-state index contributed by atoms with van der Waals surface area (Å²) in [5.74, 6) is 1.23. The fraction of sp³-hybridized carbons (Fsp3) is 0.167. The summed E-state index contributed by atoms with van der Waals surface area (Å²) in [5.41, 5.74) is 2.18. The number of hydrogen-bond acceptors (Lipinski definition) is 3. The van der Waals surface area contributed by atoms with E-state index < -0.39 is 0 Å². The highest BCUT2D eigenvalue weighted by Crippen LogP contribution is 2.26. The average molecular weight is 213 g/mol. The van der Waals surface area contributed by atoms with Gasteiger partial charge < -0.3 is 9.09 Å². The Labute approximate surface area is 92.5 Å². The highest BCUT2D eigenvalue weighted by atomic mass is 16.5. The highest BCUT2D eigenvalue weighted by molar-refractivity contribution is 5.93. The molecule has 0 aliphatic carbocycles. The molecule has 0 fully saturated rings. The van der Waals surface area contributed by atoms with E-state index in [-0.39, 0.29) is 0 Å². The maximum atomic E-state index is 5.01. The summed E-state index contributed by atoms with van der Waals surface area (Å²) in [6.45, 7) is 1.79. The molecule has 3 rings (SSSR count). The average Bonchev–Trinajstić information content (AvgIpc) is 2.86. The maximum Gasteiger partial charge on any atom is 0.223 e. The molecule has 0 saturated heterocycles. The molecular weight excluding hydrogens is 202 g/mol. The zero-order chi connectivity index (χ0) is 11.1. The van der Waals surface area contributed by atoms with Gasteiger partial charge in [-0.05, 0) is 12.1 Å². The van der Waals surface area contributed by atoms with Crippen LogP contribution in [0.2, 0.25) is 0 Å². The first-order chi connectivity index (χ1) is 7.75. The van der Waals surface area contributed by atoms with Gasteiger partial charge in [-0.3, -0.25) is 0 Å². The van der Waals surface area contributed by atoms with Crippen molar-refractivity contribution in [2.75, 3.05) is 0 Å². The van der Waals surface area contributed by atoms with Gasteiger partial charge in [0.1, 0.15) is 0 Å². The van der Waals surface area contributed by atoms with E-state index in [1.807, 2.05) is 25.4 Å². The van der Waals surface area contributed by atoms with Crippen LogP contribution in [0.1, 0.15) is 5.89 Å². The molecule has 1 aromatic carbocycles. The molecule has 0 spiro atoms. The van der Waals surface area contributed by atoms with Crippen LogP contribution < -0.4 is 0 Å². The van der Waals surface area contributed by atoms with Crippen molar-refractivity contribution in [3.63, 3.8) is 0 Å². The van der Waals surface area contributed by atoms with Gasteiger partial charge >= 0.3 is 0 Å². The van der Waals surface area contributed by atoms with Gasteiger partial charge in [0.05, 0.1) is 0 Å². The Kier molecular flexibility index (Phi) is 1.83. The molecule has 4 heteroatoms. The second-order valence-electron chi connectivity index (χ2n) is 3.80. The minimum atomic E-state index is 0.586. The molecule has 0 amide bonds. The lowest BCUT2D eigenvalue weighted by Gasteiger charge is -1.99. The minimum absolute atomic E-state index is 0.586. The van der Waals surface area contributed by atoms with Gasteiger partial charge in [-0.1, -0.05) is 17.3 Å². The molecule has 2 aromatic heterocycles. The van der Waals surface area contributed by atoms with Crippen molar-refractivity contribution in [3.05, 3.63) is 36.4 Å². The first-order valence-electron chi connectivity index (χ1n) is 5.10. The topological polar surface area (TPSA) is 43.9 Å². The monoisotopic (exact) mass is 213 g/mol. The Hall–Kier alpha value is -2.10. The lowest BCUT2D eigenvalue weighted by molar-refractivity contribution is 0.394. The Balaban J connectivity index is 2.31. The SMILES string of the molecule is Cc1nc(-c2cccc3c2ccn3C)no1. The van der Waals surface area contributed by atoms with Gasteiger partial charge in [0.15, 0.2) is 0 Å². The standard InChI is InChI=1S/C12H11N3O/c1-8-13-12(14-16-8)10-4-3-5-11-9(10)6-7-15(11)2/h3-7H,1-2H3. The number of fused-ring (bicyclic) bond motifs is 1. The van der Waals surface area contributed by atoms with Gasteiger partial charge in [0.25, 0.3) is 0 Å². The third-order valence-corrected chi connectivity index (χ3v) is 2.70. The van der Waals surface area contributed by atoms with E-state index >= 15 is 0 Å². The fourth-order valence-electron chi connectivity index (χ4n) is 1.91. The molecule has 80 valence electrons. The molecular formula is C12H11N3O. The summed E-state index contributed by atoms with van der Waals surface area (Å²) >= 11 is 0. The van der Waals surface area contributed by atoms with E-state index in [9.17, 15) is 0 Å². The fourth-order valence-corrected chi connectivity index (χ4v) is 1.91. The molecule has 0 aliphatic heterocycles. The molecule has 4 nitrogen and oxygen atoms in total. The van der Waals surface area contributed by atoms with Crippen LogP contribution in [-0.2, 0) is 7.05 Å². The number of hydrogen-bond donors (Lipinski definition) is 0. The minimum Gasteiger partial charge on any atom is -0.351 e. The molecule has 3 aromatic rings. The Morgan fingerprint density at radius 3 is 2.88 bits per heavy atom. The van der Waals surface area contributed by atoms with Gasteiger partial charge in [0.2, 0.25) is 11.7 Å². The lowest BCUT2D eigenvalue weighted by atomic mass is 10.1. The summed E-state index contributed by atoms with van der Waals surface area (Å²) < 4.78 is 7.08. The first kappa shape index (κ1) is 9.15. The van der Waals surface area contributed by atoms with Gasteiger partial charge in [-0.15, -0.1) is 0 Å². The second-order valence-corrected chi connectivity index (χ2v) is 3.80. The van der Waals surface area contributed by atoms with Crippen LogP contribution in [0.25, 0.3) is 22.3 Å². The number of nitrogens with zero attached hydrogens (tertiary/aromatic N) is 3. The number of benzene rings is 1. The lowest BCUT2D eigenvalue weighted by Crippen LogP contribution is -1.85. The van der Waals surface area contributed by atoms with Crippen LogP contribution in [0.15, 0.2) is 35.0 Å². The van der Waals surface area contributed by atoms with E-state index in [2.05, 4.69) is 26.8 Å². The van der Waals surface area contributed by atoms with Crippen LogP contribution in [0.4, 0.5) is 0 Å². The van der Waals surface area contributed by atoms with E-state index in [1.54, 1.807) is 6.92 Å². The van der Waals surface area contributed by atoms with E-state index in [4.69, 9.17) is 4.52 Å². The normalized spacial score (nSPS) is 11.1. The molecule has 0 saturated carbocycles. The Morgan fingerprint density at radius 2 is 2.12 bits per heavy atom. The summed E-state index contributed by atoms with van der Waals surface area (Å²) in [7, 11) is 2.02. The highest BCUT2D eigenvalue weighted by Gasteiger charge is 2.10. The van der Waals surface area contributed by atoms with E-state index in [0.29, 0.717) is 11.7 Å². The Morgan fingerprint density at radius 1 is 1.25 bits per heavy atom. The van der Waals surface area contributed by atoms with Crippen LogP contribution >= 0.6 is 0 Å². The Bertz CT molecular complexity index is 651. The second kappa shape index (κ2) is 3.20. The first-order valence-corrected chi connectivity index (χ1v) is 5.10. The molecule has 0 unspecified atom stereocenters. The van der Waals surface area contributed by atoms with Crippen molar-refractivity contribution in [1.29, 1.82) is 0 Å². The third kappa shape index (κ3) is 1.23. The predicted octanol–water partition coefficient (Wildman–Crippen LogP) is 2.54. The molecule has 2 heterocycles. The van der Waals surface area contributed by atoms with Crippen LogP contribution in [0, 0.1) is 6.92 Å². The van der Waals surface area contributed by atoms with E-state index in [1.165, 1.54) is 5.52 Å². The molecule has 0 N–H and O–H groups in total. The van der Waals surface area contributed by atoms with Crippen molar-refractivity contribution >= 4 is 10.9 Å². The number of aromatic nitrogens is 3. The van der Waals surface area contributed by atoms with Gasteiger partial charge in [-0.25, -0.2) is 0 Å². The van der Waals surface area contributed by atoms with Crippen molar-refractivity contribution in [1.82, 2.24) is 14.7 Å². The maximum absolute atomic E-state index is 5.01. The van der Waals surface area contributed by atoms with Crippen LogP contribution in [0.5, 0.6) is 0 Å². The zero-order valence-corrected chi connectivity index (χ0v) is 9.14. The number of aryl methyl sites for hydroxylation is 2. The molecule has 0 atom stereocenters. The summed E-state index contributed by atoms with van der Waals surface area (Å²) in [6, 6.07) is 8.15. The van der Waals surface area contributed by atoms with Crippen molar-refractivity contribution in [2.45, 2.75) is 6.92 Å². The third-order valence-electron chi connectivity index (χ3n) is 2.70. The molecule has 16 heavy (non-hydrogen) atoms. The quantitative estimate of drug-likeness (QED) is 0.624. The van der Waals surface area contributed by atoms with Gasteiger partial charge in [-0.2, -0.15) is 4.98 Å². The van der Waals surface area contributed by atoms with Crippen molar-refractivity contribution in [2.24, 2.45) is 7.05 Å². The summed E-state index contributed by atoms with van der Waals surface area (Å²) in [5, 5.41) is 5.09. The summed E-state index contributed by atoms with van der Waals surface area (Å²) in [6.07, 6.45) is 2.03. The smallest absolute Gasteiger partial charge is 0.223 e. The zero-order valence-electron chi connectivity index (χ0n) is 9.14. The van der Waals surface area contributed by atoms with E-state index in [0.717, 1.165) is 10.9 Å². The molecule has 0 bridgehead atoms. The van der Waals surface area contributed by atoms with Crippen LogP contribution in [0.3, 0.4) is 0 Å². The molecule has 0 radical (unpaired) electrons. The molecule has 0 aliphatic rings. The largest absolute Gasteiger partial charge is 0.351 e. The van der Waals surface area contributed by atoms with Gasteiger partial charge in [0, 0.05) is 36.6 Å². The van der Waals surface area contributed by atoms with Crippen molar-refractivity contribution in [3.8, 4) is 11.4 Å². The predicted molar refractivity (Wildman–Crippen MR) is 60.9 cm³/mol.